The SMILES string of the molecule is Cc1ccc(-n2nc(C(C)(C)C)cc2NC(=O)Nc2ccc(OCc3ccnc(Nc4cnccn4)c3)c3ccccc23)cc1. The molecule has 10 heteroatoms. The number of fused-ring (bicyclic) bond motifs is 1. The number of carbonyl (C=O) groups is 1. The molecule has 0 spiro atoms. The van der Waals surface area contributed by atoms with Gasteiger partial charge in [-0.2, -0.15) is 5.10 Å². The first kappa shape index (κ1) is 29.3. The standard InChI is InChI=1S/C35H34N8O2/c1-23-9-11-25(12-10-23)43-33(20-30(42-43)35(2,3)4)41-34(44)39-28-13-14-29(27-8-6-5-7-26(27)28)45-22-24-15-16-37-31(19-24)40-32-21-36-17-18-38-32/h5-21H,22H2,1-4H3,(H,37,38,40)(H2,39,41,44). The van der Waals surface area contributed by atoms with Crippen molar-refractivity contribution in [3.8, 4) is 11.4 Å². The van der Waals surface area contributed by atoms with Crippen LogP contribution in [0.25, 0.3) is 16.5 Å². The minimum atomic E-state index is -0.373. The lowest BCUT2D eigenvalue weighted by molar-refractivity contribution is 0.262. The van der Waals surface area contributed by atoms with E-state index in [0.717, 1.165) is 33.3 Å². The number of nitrogens with zero attached hydrogens (tertiary/aromatic N) is 5. The molecule has 6 aromatic rings. The topological polar surface area (TPSA) is 119 Å². The van der Waals surface area contributed by atoms with Crippen molar-refractivity contribution in [1.82, 2.24) is 24.7 Å². The lowest BCUT2D eigenvalue weighted by Gasteiger charge is -2.15. The number of pyridine rings is 1. The molecule has 226 valence electrons. The van der Waals surface area contributed by atoms with Crippen LogP contribution in [0.15, 0.2) is 104 Å². The third-order valence-corrected chi connectivity index (χ3v) is 7.17. The van der Waals surface area contributed by atoms with Crippen LogP contribution < -0.4 is 20.7 Å². The molecule has 0 atom stereocenters. The Hall–Kier alpha value is -5.77. The molecule has 3 aromatic carbocycles. The molecule has 0 saturated carbocycles. The van der Waals surface area contributed by atoms with Crippen molar-refractivity contribution in [3.05, 3.63) is 120 Å². The van der Waals surface area contributed by atoms with Crippen LogP contribution in [0, 0.1) is 6.92 Å². The summed E-state index contributed by atoms with van der Waals surface area (Å²) in [4.78, 5) is 26.0. The summed E-state index contributed by atoms with van der Waals surface area (Å²) in [6, 6.07) is 24.9. The molecule has 0 bridgehead atoms. The summed E-state index contributed by atoms with van der Waals surface area (Å²) in [6.45, 7) is 8.65. The summed E-state index contributed by atoms with van der Waals surface area (Å²) in [5.41, 5.74) is 4.28. The van der Waals surface area contributed by atoms with Crippen molar-refractivity contribution in [2.24, 2.45) is 0 Å². The molecule has 3 heterocycles. The average molecular weight is 599 g/mol. The number of rotatable bonds is 8. The van der Waals surface area contributed by atoms with Crippen LogP contribution >= 0.6 is 0 Å². The molecule has 0 fully saturated rings. The number of ether oxygens (including phenoxy) is 1. The van der Waals surface area contributed by atoms with Gasteiger partial charge in [0.15, 0.2) is 0 Å². The number of aryl methyl sites for hydroxylation is 1. The van der Waals surface area contributed by atoms with E-state index in [4.69, 9.17) is 9.84 Å². The fourth-order valence-electron chi connectivity index (χ4n) is 4.78. The summed E-state index contributed by atoms with van der Waals surface area (Å²) in [5, 5.41) is 15.7. The molecule has 3 N–H and O–H groups in total. The Bertz CT molecular complexity index is 1950. The Balaban J connectivity index is 1.19. The summed E-state index contributed by atoms with van der Waals surface area (Å²) in [5.74, 6) is 2.53. The van der Waals surface area contributed by atoms with E-state index >= 15 is 0 Å². The van der Waals surface area contributed by atoms with Crippen LogP contribution in [0.2, 0.25) is 0 Å². The van der Waals surface area contributed by atoms with Crippen molar-refractivity contribution < 1.29 is 9.53 Å². The van der Waals surface area contributed by atoms with E-state index in [2.05, 4.69) is 51.7 Å². The van der Waals surface area contributed by atoms with Crippen LogP contribution in [0.1, 0.15) is 37.6 Å². The molecule has 45 heavy (non-hydrogen) atoms. The number of nitrogens with one attached hydrogen (secondary N) is 3. The molecular weight excluding hydrogens is 564 g/mol. The number of benzene rings is 3. The number of urea groups is 1. The second kappa shape index (κ2) is 12.5. The lowest BCUT2D eigenvalue weighted by Crippen LogP contribution is -2.21. The molecule has 0 aliphatic carbocycles. The predicted molar refractivity (Wildman–Crippen MR) is 177 cm³/mol. The van der Waals surface area contributed by atoms with E-state index in [0.29, 0.717) is 35.5 Å². The van der Waals surface area contributed by atoms with Gasteiger partial charge < -0.3 is 15.4 Å². The van der Waals surface area contributed by atoms with Crippen LogP contribution in [-0.4, -0.2) is 30.8 Å². The number of hydrogen-bond donors (Lipinski definition) is 3. The van der Waals surface area contributed by atoms with Gasteiger partial charge in [-0.25, -0.2) is 19.4 Å². The maximum atomic E-state index is 13.4. The first-order valence-corrected chi connectivity index (χ1v) is 14.6. The van der Waals surface area contributed by atoms with E-state index in [9.17, 15) is 4.79 Å². The van der Waals surface area contributed by atoms with Crippen LogP contribution in [0.4, 0.5) is 27.9 Å². The van der Waals surface area contributed by atoms with Gasteiger partial charge in [-0.15, -0.1) is 0 Å². The highest BCUT2D eigenvalue weighted by Gasteiger charge is 2.22. The van der Waals surface area contributed by atoms with Gasteiger partial charge in [-0.3, -0.25) is 10.3 Å². The lowest BCUT2D eigenvalue weighted by atomic mass is 9.92. The van der Waals surface area contributed by atoms with E-state index in [-0.39, 0.29) is 11.4 Å². The molecule has 0 unspecified atom stereocenters. The molecule has 3 aromatic heterocycles. The largest absolute Gasteiger partial charge is 0.488 e. The van der Waals surface area contributed by atoms with Gasteiger partial charge in [-0.1, -0.05) is 62.7 Å². The van der Waals surface area contributed by atoms with Crippen molar-refractivity contribution in [3.63, 3.8) is 0 Å². The summed E-state index contributed by atoms with van der Waals surface area (Å²) >= 11 is 0. The van der Waals surface area contributed by atoms with Crippen molar-refractivity contribution >= 4 is 39.9 Å². The summed E-state index contributed by atoms with van der Waals surface area (Å²) in [6.07, 6.45) is 6.59. The predicted octanol–water partition coefficient (Wildman–Crippen LogP) is 7.78. The van der Waals surface area contributed by atoms with Crippen LogP contribution in [-0.2, 0) is 12.0 Å². The number of hydrogen-bond acceptors (Lipinski definition) is 7. The molecule has 6 rings (SSSR count). The second-order valence-electron chi connectivity index (χ2n) is 11.7. The van der Waals surface area contributed by atoms with Crippen molar-refractivity contribution in [2.75, 3.05) is 16.0 Å². The molecule has 0 saturated heterocycles. The second-order valence-corrected chi connectivity index (χ2v) is 11.7. The third-order valence-electron chi connectivity index (χ3n) is 7.17. The van der Waals surface area contributed by atoms with Gasteiger partial charge in [0.2, 0.25) is 0 Å². The molecule has 0 aliphatic rings. The van der Waals surface area contributed by atoms with Gasteiger partial charge in [0.1, 0.15) is 29.8 Å². The molecule has 0 aliphatic heterocycles. The average Bonchev–Trinajstić information content (AvgIpc) is 3.46. The van der Waals surface area contributed by atoms with Gasteiger partial charge in [0, 0.05) is 40.8 Å². The fraction of sp³-hybridized carbons (Fsp3) is 0.171. The maximum absolute atomic E-state index is 13.4. The van der Waals surface area contributed by atoms with Crippen molar-refractivity contribution in [2.45, 2.75) is 39.7 Å². The zero-order valence-electron chi connectivity index (χ0n) is 25.6. The van der Waals surface area contributed by atoms with Gasteiger partial charge in [0.05, 0.1) is 23.3 Å². The van der Waals surface area contributed by atoms with Crippen LogP contribution in [0.5, 0.6) is 5.75 Å². The quantitative estimate of drug-likeness (QED) is 0.164. The number of carbonyl (C=O) groups excluding carboxylic acids is 1. The Morgan fingerprint density at radius 2 is 1.62 bits per heavy atom. The van der Waals surface area contributed by atoms with Gasteiger partial charge in [0.25, 0.3) is 0 Å². The van der Waals surface area contributed by atoms with E-state index in [1.807, 2.05) is 85.8 Å². The number of aromatic nitrogens is 5. The zero-order valence-corrected chi connectivity index (χ0v) is 25.6. The highest BCUT2D eigenvalue weighted by molar-refractivity contribution is 6.07. The molecule has 0 radical (unpaired) electrons. The normalized spacial score (nSPS) is 11.3. The smallest absolute Gasteiger partial charge is 0.324 e. The monoisotopic (exact) mass is 598 g/mol. The maximum Gasteiger partial charge on any atom is 0.324 e. The van der Waals surface area contributed by atoms with E-state index in [1.165, 1.54) is 0 Å². The first-order chi connectivity index (χ1) is 21.7. The summed E-state index contributed by atoms with van der Waals surface area (Å²) < 4.78 is 8.02. The van der Waals surface area contributed by atoms with Crippen LogP contribution in [0.3, 0.4) is 0 Å². The van der Waals surface area contributed by atoms with Gasteiger partial charge >= 0.3 is 6.03 Å². The third kappa shape index (κ3) is 6.91. The Morgan fingerprint density at radius 3 is 2.38 bits per heavy atom. The highest BCUT2D eigenvalue weighted by Crippen LogP contribution is 2.33. The van der Waals surface area contributed by atoms with E-state index < -0.39 is 0 Å². The number of amides is 2. The molecular formula is C35H34N8O2. The first-order valence-electron chi connectivity index (χ1n) is 14.6. The number of anilines is 4. The molecule has 2 amide bonds. The van der Waals surface area contributed by atoms with E-state index in [1.54, 1.807) is 29.5 Å². The minimum Gasteiger partial charge on any atom is -0.488 e. The Kier molecular flexibility index (Phi) is 8.11. The fourth-order valence-corrected chi connectivity index (χ4v) is 4.78. The van der Waals surface area contributed by atoms with Crippen molar-refractivity contribution in [1.29, 1.82) is 0 Å². The zero-order chi connectivity index (χ0) is 31.4. The Labute approximate surface area is 261 Å². The highest BCUT2D eigenvalue weighted by atomic mass is 16.5. The minimum absolute atomic E-state index is 0.195. The van der Waals surface area contributed by atoms with Gasteiger partial charge in [-0.05, 0) is 48.9 Å². The summed E-state index contributed by atoms with van der Waals surface area (Å²) in [7, 11) is 0. The Morgan fingerprint density at radius 1 is 0.844 bits per heavy atom. The molecule has 10 nitrogen and oxygen atoms in total.